The van der Waals surface area contributed by atoms with Gasteiger partial charge in [0.1, 0.15) is 19.2 Å². The second-order valence-electron chi connectivity index (χ2n) is 4.10. The Balaban J connectivity index is 2.21. The number of carboxylic acid groups (broad SMARTS) is 1. The smallest absolute Gasteiger partial charge is 0.339 e. The molecule has 0 aliphatic heterocycles. The molecule has 1 aliphatic rings. The van der Waals surface area contributed by atoms with Crippen LogP contribution in [0.25, 0.3) is 0 Å². The number of carbonyl (C=O) groups is 1. The number of aromatic carboxylic acids is 1. The van der Waals surface area contributed by atoms with E-state index in [9.17, 15) is 4.79 Å². The van der Waals surface area contributed by atoms with Gasteiger partial charge in [-0.1, -0.05) is 18.3 Å². The Hall–Kier alpha value is -1.52. The van der Waals surface area contributed by atoms with Crippen molar-refractivity contribution in [3.8, 4) is 0 Å². The van der Waals surface area contributed by atoms with Gasteiger partial charge in [-0.2, -0.15) is 0 Å². The molecule has 1 aromatic heterocycles. The third-order valence-electron chi connectivity index (χ3n) is 2.84. The van der Waals surface area contributed by atoms with Gasteiger partial charge in [-0.15, -0.1) is 0 Å². The van der Waals surface area contributed by atoms with E-state index < -0.39 is 5.97 Å². The first-order valence-electron chi connectivity index (χ1n) is 5.42. The molecule has 0 saturated heterocycles. The molecule has 0 unspecified atom stereocenters. The zero-order valence-electron chi connectivity index (χ0n) is 8.94. The monoisotopic (exact) mass is 216 g/mol. The van der Waals surface area contributed by atoms with Gasteiger partial charge in [0.15, 0.2) is 0 Å². The minimum absolute atomic E-state index is 0.145. The average molecular weight is 216 g/mol. The van der Waals surface area contributed by atoms with E-state index in [2.05, 4.69) is 10.3 Å². The topological polar surface area (TPSA) is 62.2 Å². The predicted molar refractivity (Wildman–Crippen MR) is 62.5 cm³/mol. The first kappa shape index (κ1) is 11.0. The molecule has 2 N–H and O–H groups in total. The summed E-state index contributed by atoms with van der Waals surface area (Å²) in [7, 11) is 5.52. The molecule has 0 aromatic carbocycles. The maximum Gasteiger partial charge on any atom is 0.339 e. The highest BCUT2D eigenvalue weighted by atomic mass is 16.4. The number of carboxylic acids is 1. The van der Waals surface area contributed by atoms with Gasteiger partial charge in [-0.05, 0) is 18.9 Å². The Morgan fingerprint density at radius 2 is 2.19 bits per heavy atom. The quantitative estimate of drug-likeness (QED) is 0.737. The molecule has 0 bridgehead atoms. The van der Waals surface area contributed by atoms with Crippen LogP contribution < -0.4 is 10.8 Å². The molecule has 1 aromatic rings. The summed E-state index contributed by atoms with van der Waals surface area (Å²) in [5.74, 6) is -0.575. The van der Waals surface area contributed by atoms with Crippen molar-refractivity contribution in [2.75, 3.05) is 5.32 Å². The standard InChI is InChI=1S/C11H13BN2O2/c12-7-5-9(11(15)16)10(13-6-7)14-8-3-1-2-4-8/h5-6,8H,1-4H2,(H,13,14)(H,15,16). The van der Waals surface area contributed by atoms with Crippen LogP contribution in [0.3, 0.4) is 0 Å². The van der Waals surface area contributed by atoms with Gasteiger partial charge in [0, 0.05) is 12.2 Å². The van der Waals surface area contributed by atoms with Crippen molar-refractivity contribution in [1.82, 2.24) is 4.98 Å². The molecule has 2 rings (SSSR count). The van der Waals surface area contributed by atoms with E-state index >= 15 is 0 Å². The van der Waals surface area contributed by atoms with Crippen molar-refractivity contribution in [3.63, 3.8) is 0 Å². The third kappa shape index (κ3) is 2.35. The van der Waals surface area contributed by atoms with Gasteiger partial charge in [0.05, 0.1) is 0 Å². The number of pyridine rings is 1. The minimum atomic E-state index is -1.000. The fourth-order valence-corrected chi connectivity index (χ4v) is 2.02. The zero-order chi connectivity index (χ0) is 11.5. The molecule has 1 fully saturated rings. The van der Waals surface area contributed by atoms with Crippen molar-refractivity contribution < 1.29 is 9.90 Å². The highest BCUT2D eigenvalue weighted by Gasteiger charge is 2.18. The Morgan fingerprint density at radius 1 is 1.50 bits per heavy atom. The molecule has 1 aliphatic carbocycles. The maximum absolute atomic E-state index is 11.0. The summed E-state index contributed by atoms with van der Waals surface area (Å²) in [5, 5.41) is 12.2. The van der Waals surface area contributed by atoms with Crippen molar-refractivity contribution in [2.45, 2.75) is 31.7 Å². The van der Waals surface area contributed by atoms with Crippen molar-refractivity contribution >= 4 is 25.1 Å². The summed E-state index contributed by atoms with van der Waals surface area (Å²) in [6.07, 6.45) is 6.00. The lowest BCUT2D eigenvalue weighted by Crippen LogP contribution is -2.20. The number of nitrogens with one attached hydrogen (secondary N) is 1. The van der Waals surface area contributed by atoms with Gasteiger partial charge in [-0.3, -0.25) is 0 Å². The van der Waals surface area contributed by atoms with E-state index in [1.807, 2.05) is 0 Å². The molecule has 4 nitrogen and oxygen atoms in total. The van der Waals surface area contributed by atoms with Crippen molar-refractivity contribution in [1.29, 1.82) is 0 Å². The average Bonchev–Trinajstić information content (AvgIpc) is 2.73. The van der Waals surface area contributed by atoms with E-state index in [1.54, 1.807) is 0 Å². The maximum atomic E-state index is 11.0. The first-order valence-corrected chi connectivity index (χ1v) is 5.42. The Morgan fingerprint density at radius 3 is 2.81 bits per heavy atom. The normalized spacial score (nSPS) is 16.2. The van der Waals surface area contributed by atoms with Crippen LogP contribution in [0.2, 0.25) is 0 Å². The largest absolute Gasteiger partial charge is 0.478 e. The van der Waals surface area contributed by atoms with Crippen molar-refractivity contribution in [2.24, 2.45) is 0 Å². The number of hydrogen-bond donors (Lipinski definition) is 2. The van der Waals surface area contributed by atoms with E-state index in [0.717, 1.165) is 12.8 Å². The summed E-state index contributed by atoms with van der Waals surface area (Å²) in [6, 6.07) is 1.78. The second-order valence-corrected chi connectivity index (χ2v) is 4.10. The van der Waals surface area contributed by atoms with E-state index in [-0.39, 0.29) is 5.56 Å². The summed E-state index contributed by atoms with van der Waals surface area (Å²) in [4.78, 5) is 15.1. The van der Waals surface area contributed by atoms with Crippen LogP contribution in [0.1, 0.15) is 36.0 Å². The van der Waals surface area contributed by atoms with Crippen LogP contribution in [0.5, 0.6) is 0 Å². The minimum Gasteiger partial charge on any atom is -0.478 e. The second kappa shape index (κ2) is 4.55. The Kier molecular flexibility index (Phi) is 3.13. The Bertz CT molecular complexity index is 403. The Labute approximate surface area is 95.5 Å². The van der Waals surface area contributed by atoms with Crippen LogP contribution in [0.4, 0.5) is 5.82 Å². The lowest BCUT2D eigenvalue weighted by Gasteiger charge is -2.14. The highest BCUT2D eigenvalue weighted by molar-refractivity contribution is 6.32. The number of nitrogens with zero attached hydrogens (tertiary/aromatic N) is 1. The molecule has 5 heteroatoms. The summed E-state index contributed by atoms with van der Waals surface area (Å²) in [5.41, 5.74) is 0.515. The van der Waals surface area contributed by atoms with Gasteiger partial charge in [0.2, 0.25) is 0 Å². The molecule has 0 amide bonds. The lowest BCUT2D eigenvalue weighted by molar-refractivity contribution is 0.0697. The first-order chi connectivity index (χ1) is 7.66. The molecule has 1 heterocycles. The van der Waals surface area contributed by atoms with Crippen molar-refractivity contribution in [3.05, 3.63) is 17.8 Å². The van der Waals surface area contributed by atoms with Crippen LogP contribution >= 0.6 is 0 Å². The fourth-order valence-electron chi connectivity index (χ4n) is 2.02. The van der Waals surface area contributed by atoms with Gasteiger partial charge in [0.25, 0.3) is 0 Å². The third-order valence-corrected chi connectivity index (χ3v) is 2.84. The highest BCUT2D eigenvalue weighted by Crippen LogP contribution is 2.22. The fraction of sp³-hybridized carbons (Fsp3) is 0.455. The number of anilines is 1. The van der Waals surface area contributed by atoms with E-state index in [0.29, 0.717) is 17.3 Å². The molecular weight excluding hydrogens is 203 g/mol. The van der Waals surface area contributed by atoms with E-state index in [1.165, 1.54) is 25.1 Å². The molecule has 2 radical (unpaired) electrons. The molecule has 0 spiro atoms. The van der Waals surface area contributed by atoms with Gasteiger partial charge >= 0.3 is 5.97 Å². The van der Waals surface area contributed by atoms with Gasteiger partial charge < -0.3 is 10.4 Å². The summed E-state index contributed by atoms with van der Waals surface area (Å²) >= 11 is 0. The van der Waals surface area contributed by atoms with Gasteiger partial charge in [-0.25, -0.2) is 9.78 Å². The summed E-state index contributed by atoms with van der Waals surface area (Å²) in [6.45, 7) is 0. The molecule has 1 saturated carbocycles. The SMILES string of the molecule is [B]c1cnc(NC2CCCC2)c(C(=O)O)c1. The van der Waals surface area contributed by atoms with Crippen LogP contribution in [-0.4, -0.2) is 29.9 Å². The molecule has 0 atom stereocenters. The number of hydrogen-bond acceptors (Lipinski definition) is 3. The van der Waals surface area contributed by atoms with Crippen LogP contribution in [0.15, 0.2) is 12.3 Å². The summed E-state index contributed by atoms with van der Waals surface area (Å²) < 4.78 is 0. The molecular formula is C11H13BN2O2. The predicted octanol–water partition coefficient (Wildman–Crippen LogP) is 0.928. The van der Waals surface area contributed by atoms with Crippen LogP contribution in [0, 0.1) is 0 Å². The molecule has 16 heavy (non-hydrogen) atoms. The van der Waals surface area contributed by atoms with Crippen LogP contribution in [-0.2, 0) is 0 Å². The zero-order valence-corrected chi connectivity index (χ0v) is 8.94. The lowest BCUT2D eigenvalue weighted by atomic mass is 9.97. The number of aromatic nitrogens is 1. The van der Waals surface area contributed by atoms with E-state index in [4.69, 9.17) is 13.0 Å². The number of rotatable bonds is 3. The molecule has 82 valence electrons.